The Morgan fingerprint density at radius 1 is 1.26 bits per heavy atom. The van der Waals surface area contributed by atoms with E-state index in [2.05, 4.69) is 21.2 Å². The lowest BCUT2D eigenvalue weighted by molar-refractivity contribution is 0.102. The van der Waals surface area contributed by atoms with Crippen LogP contribution < -0.4 is 5.32 Å². The molecule has 19 heavy (non-hydrogen) atoms. The summed E-state index contributed by atoms with van der Waals surface area (Å²) in [5.74, 6) is -0.806. The Balaban J connectivity index is 2.25. The predicted molar refractivity (Wildman–Crippen MR) is 78.2 cm³/mol. The van der Waals surface area contributed by atoms with E-state index in [1.165, 1.54) is 12.1 Å². The fourth-order valence-electron chi connectivity index (χ4n) is 1.61. The van der Waals surface area contributed by atoms with Crippen molar-refractivity contribution in [3.8, 4) is 0 Å². The molecule has 0 saturated carbocycles. The molecule has 5 heteroatoms. The average Bonchev–Trinajstić information content (AvgIpc) is 2.36. The van der Waals surface area contributed by atoms with Crippen molar-refractivity contribution in [2.24, 2.45) is 0 Å². The minimum atomic E-state index is -0.440. The molecule has 0 aromatic heterocycles. The highest BCUT2D eigenvalue weighted by atomic mass is 79.9. The molecule has 0 radical (unpaired) electrons. The van der Waals surface area contributed by atoms with Crippen LogP contribution in [0.2, 0.25) is 5.02 Å². The van der Waals surface area contributed by atoms with Crippen LogP contribution in [-0.2, 0) is 0 Å². The highest BCUT2D eigenvalue weighted by Gasteiger charge is 2.11. The maximum atomic E-state index is 13.2. The fourth-order valence-corrected chi connectivity index (χ4v) is 2.04. The molecule has 2 aromatic carbocycles. The Kier molecular flexibility index (Phi) is 4.22. The molecule has 0 aliphatic heterocycles. The molecule has 2 nitrogen and oxygen atoms in total. The highest BCUT2D eigenvalue weighted by molar-refractivity contribution is 9.10. The van der Waals surface area contributed by atoms with E-state index in [9.17, 15) is 9.18 Å². The smallest absolute Gasteiger partial charge is 0.256 e. The number of aryl methyl sites for hydroxylation is 1. The first-order chi connectivity index (χ1) is 8.97. The van der Waals surface area contributed by atoms with Gasteiger partial charge in [0.2, 0.25) is 0 Å². The van der Waals surface area contributed by atoms with Gasteiger partial charge in [0.25, 0.3) is 5.91 Å². The highest BCUT2D eigenvalue weighted by Crippen LogP contribution is 2.26. The second-order valence-corrected chi connectivity index (χ2v) is 5.30. The topological polar surface area (TPSA) is 29.1 Å². The lowest BCUT2D eigenvalue weighted by Gasteiger charge is -2.08. The number of rotatable bonds is 2. The van der Waals surface area contributed by atoms with Crippen molar-refractivity contribution >= 4 is 39.1 Å². The van der Waals surface area contributed by atoms with E-state index in [0.29, 0.717) is 21.8 Å². The zero-order chi connectivity index (χ0) is 14.0. The lowest BCUT2D eigenvalue weighted by atomic mass is 10.1. The summed E-state index contributed by atoms with van der Waals surface area (Å²) >= 11 is 9.21. The minimum absolute atomic E-state index is 0.305. The second-order valence-electron chi connectivity index (χ2n) is 4.04. The van der Waals surface area contributed by atoms with Crippen molar-refractivity contribution in [2.45, 2.75) is 6.92 Å². The number of nitrogens with one attached hydrogen (secondary N) is 1. The van der Waals surface area contributed by atoms with Crippen LogP contribution in [0, 0.1) is 12.7 Å². The molecule has 0 saturated heterocycles. The van der Waals surface area contributed by atoms with E-state index in [1.54, 1.807) is 31.2 Å². The van der Waals surface area contributed by atoms with Crippen molar-refractivity contribution in [3.05, 3.63) is 62.8 Å². The van der Waals surface area contributed by atoms with E-state index in [-0.39, 0.29) is 5.91 Å². The van der Waals surface area contributed by atoms with Crippen LogP contribution in [0.4, 0.5) is 10.1 Å². The number of amides is 1. The molecule has 0 fully saturated rings. The number of carbonyl (C=O) groups excluding carboxylic acids is 1. The van der Waals surface area contributed by atoms with Gasteiger partial charge < -0.3 is 5.32 Å². The van der Waals surface area contributed by atoms with Gasteiger partial charge in [-0.25, -0.2) is 4.39 Å². The van der Waals surface area contributed by atoms with E-state index in [1.807, 2.05) is 0 Å². The summed E-state index contributed by atoms with van der Waals surface area (Å²) in [7, 11) is 0. The van der Waals surface area contributed by atoms with Gasteiger partial charge in [0.15, 0.2) is 0 Å². The molecule has 0 atom stereocenters. The summed E-state index contributed by atoms with van der Waals surface area (Å²) in [5.41, 5.74) is 1.57. The van der Waals surface area contributed by atoms with Gasteiger partial charge in [-0.2, -0.15) is 0 Å². The molecule has 1 amide bonds. The van der Waals surface area contributed by atoms with Gasteiger partial charge in [-0.1, -0.05) is 17.7 Å². The van der Waals surface area contributed by atoms with E-state index < -0.39 is 5.82 Å². The molecule has 0 bridgehead atoms. The third-order valence-electron chi connectivity index (χ3n) is 2.62. The number of hydrogen-bond acceptors (Lipinski definition) is 1. The maximum absolute atomic E-state index is 13.2. The summed E-state index contributed by atoms with van der Waals surface area (Å²) in [5, 5.41) is 3.18. The maximum Gasteiger partial charge on any atom is 0.256 e. The van der Waals surface area contributed by atoms with Crippen molar-refractivity contribution in [1.29, 1.82) is 0 Å². The first-order valence-corrected chi connectivity index (χ1v) is 6.67. The number of carbonyl (C=O) groups is 1. The summed E-state index contributed by atoms with van der Waals surface area (Å²) in [6, 6.07) is 9.17. The van der Waals surface area contributed by atoms with Gasteiger partial charge in [0.05, 0.1) is 5.02 Å². The van der Waals surface area contributed by atoms with Crippen LogP contribution in [0.15, 0.2) is 40.9 Å². The zero-order valence-electron chi connectivity index (χ0n) is 10.0. The van der Waals surface area contributed by atoms with Gasteiger partial charge in [0, 0.05) is 15.7 Å². The predicted octanol–water partition coefficient (Wildman–Crippen LogP) is 4.80. The van der Waals surface area contributed by atoms with E-state index in [4.69, 9.17) is 11.6 Å². The summed E-state index contributed by atoms with van der Waals surface area (Å²) < 4.78 is 13.9. The monoisotopic (exact) mass is 341 g/mol. The Labute approximate surface area is 123 Å². The number of benzene rings is 2. The van der Waals surface area contributed by atoms with Crippen LogP contribution in [0.1, 0.15) is 15.9 Å². The molecule has 1 N–H and O–H groups in total. The third-order valence-corrected chi connectivity index (χ3v) is 3.85. The lowest BCUT2D eigenvalue weighted by Crippen LogP contribution is -2.13. The van der Waals surface area contributed by atoms with Gasteiger partial charge >= 0.3 is 0 Å². The molecule has 0 unspecified atom stereocenters. The van der Waals surface area contributed by atoms with Gasteiger partial charge in [-0.3, -0.25) is 4.79 Å². The number of hydrogen-bond donors (Lipinski definition) is 1. The molecular weight excluding hydrogens is 333 g/mol. The molecular formula is C14H10BrClFNO. The third kappa shape index (κ3) is 3.33. The Hall–Kier alpha value is -1.39. The van der Waals surface area contributed by atoms with Crippen LogP contribution in [0.25, 0.3) is 0 Å². The number of halogens is 3. The molecule has 0 spiro atoms. The van der Waals surface area contributed by atoms with E-state index >= 15 is 0 Å². The second kappa shape index (κ2) is 5.72. The fraction of sp³-hybridized carbons (Fsp3) is 0.0714. The van der Waals surface area contributed by atoms with Crippen molar-refractivity contribution in [1.82, 2.24) is 0 Å². The molecule has 0 aliphatic carbocycles. The molecule has 2 rings (SSSR count). The van der Waals surface area contributed by atoms with Gasteiger partial charge in [-0.15, -0.1) is 0 Å². The zero-order valence-corrected chi connectivity index (χ0v) is 12.3. The van der Waals surface area contributed by atoms with Gasteiger partial charge in [-0.05, 0) is 58.7 Å². The molecule has 98 valence electrons. The minimum Gasteiger partial charge on any atom is -0.322 e. The normalized spacial score (nSPS) is 10.3. The quantitative estimate of drug-likeness (QED) is 0.834. The molecule has 0 aliphatic rings. The average molecular weight is 343 g/mol. The largest absolute Gasteiger partial charge is 0.322 e. The van der Waals surface area contributed by atoms with Gasteiger partial charge in [0.1, 0.15) is 5.82 Å². The molecule has 2 aromatic rings. The Morgan fingerprint density at radius 2 is 2.00 bits per heavy atom. The van der Waals surface area contributed by atoms with Crippen LogP contribution in [0.3, 0.4) is 0 Å². The van der Waals surface area contributed by atoms with Crippen LogP contribution >= 0.6 is 27.5 Å². The summed E-state index contributed by atoms with van der Waals surface area (Å²) in [6.45, 7) is 1.75. The Bertz CT molecular complexity index is 645. The van der Waals surface area contributed by atoms with Crippen molar-refractivity contribution in [3.63, 3.8) is 0 Å². The van der Waals surface area contributed by atoms with Crippen LogP contribution in [0.5, 0.6) is 0 Å². The first kappa shape index (κ1) is 14.0. The molecule has 0 heterocycles. The SMILES string of the molecule is Cc1ccc(F)cc1C(=O)Nc1ccc(Br)c(Cl)c1. The first-order valence-electron chi connectivity index (χ1n) is 5.50. The van der Waals surface area contributed by atoms with Crippen molar-refractivity contribution in [2.75, 3.05) is 5.32 Å². The number of anilines is 1. The summed E-state index contributed by atoms with van der Waals surface area (Å²) in [4.78, 5) is 12.1. The summed E-state index contributed by atoms with van der Waals surface area (Å²) in [6.07, 6.45) is 0. The standard InChI is InChI=1S/C14H10BrClFNO/c1-8-2-3-9(17)6-11(8)14(19)18-10-4-5-12(15)13(16)7-10/h2-7H,1H3,(H,18,19). The van der Waals surface area contributed by atoms with E-state index in [0.717, 1.165) is 4.47 Å². The Morgan fingerprint density at radius 3 is 2.68 bits per heavy atom. The van der Waals surface area contributed by atoms with Crippen LogP contribution in [-0.4, -0.2) is 5.91 Å². The van der Waals surface area contributed by atoms with Crippen molar-refractivity contribution < 1.29 is 9.18 Å².